The van der Waals surface area contributed by atoms with E-state index in [2.05, 4.69) is 20.6 Å². The molecule has 5 N–H and O–H groups in total. The van der Waals surface area contributed by atoms with Gasteiger partial charge in [0, 0.05) is 35.8 Å². The summed E-state index contributed by atoms with van der Waals surface area (Å²) in [6.45, 7) is 1.62. The van der Waals surface area contributed by atoms with Gasteiger partial charge in [0.2, 0.25) is 5.82 Å². The molecule has 0 aliphatic rings. The molecule has 2 aromatic carbocycles. The fraction of sp³-hybridized carbons (Fsp3) is 0.200. The van der Waals surface area contributed by atoms with Gasteiger partial charge >= 0.3 is 5.97 Å². The number of benzene rings is 2. The van der Waals surface area contributed by atoms with Gasteiger partial charge in [-0.05, 0) is 42.3 Å². The van der Waals surface area contributed by atoms with Crippen molar-refractivity contribution in [3.8, 4) is 17.0 Å². The molecule has 2 aromatic heterocycles. The van der Waals surface area contributed by atoms with Crippen LogP contribution in [-0.4, -0.2) is 51.0 Å². The molecule has 0 aliphatic carbocycles. The molecular weight excluding hydrogens is 486 g/mol. The van der Waals surface area contributed by atoms with Gasteiger partial charge in [-0.3, -0.25) is 9.20 Å². The van der Waals surface area contributed by atoms with Crippen molar-refractivity contribution in [1.82, 2.24) is 19.7 Å². The summed E-state index contributed by atoms with van der Waals surface area (Å²) in [5.41, 5.74) is 7.68. The maximum absolute atomic E-state index is 14.7. The summed E-state index contributed by atoms with van der Waals surface area (Å²) in [7, 11) is 1.26. The Hall–Kier alpha value is -4.58. The first kappa shape index (κ1) is 25.5. The van der Waals surface area contributed by atoms with Crippen LogP contribution in [0.3, 0.4) is 0 Å². The zero-order valence-corrected chi connectivity index (χ0v) is 20.0. The Morgan fingerprint density at radius 3 is 2.65 bits per heavy atom. The van der Waals surface area contributed by atoms with E-state index in [-0.39, 0.29) is 17.9 Å². The first-order chi connectivity index (χ1) is 17.8. The average Bonchev–Trinajstić information content (AvgIpc) is 3.33. The van der Waals surface area contributed by atoms with Crippen molar-refractivity contribution in [3.63, 3.8) is 0 Å². The third-order valence-corrected chi connectivity index (χ3v) is 5.80. The number of rotatable bonds is 9. The fourth-order valence-corrected chi connectivity index (χ4v) is 3.87. The predicted molar refractivity (Wildman–Crippen MR) is 132 cm³/mol. The van der Waals surface area contributed by atoms with Crippen molar-refractivity contribution >= 4 is 29.0 Å². The molecule has 2 heterocycles. The number of nitrogens with two attached hydrogens (primary N) is 1. The first-order valence-corrected chi connectivity index (χ1v) is 11.3. The van der Waals surface area contributed by atoms with Crippen molar-refractivity contribution in [2.45, 2.75) is 19.4 Å². The Labute approximate surface area is 210 Å². The van der Waals surface area contributed by atoms with Gasteiger partial charge < -0.3 is 26.2 Å². The maximum Gasteiger partial charge on any atom is 0.327 e. The van der Waals surface area contributed by atoms with Gasteiger partial charge in [0.15, 0.2) is 23.0 Å². The Kier molecular flexibility index (Phi) is 7.30. The molecule has 0 unspecified atom stereocenters. The van der Waals surface area contributed by atoms with Gasteiger partial charge in [-0.2, -0.15) is 4.39 Å². The molecule has 4 rings (SSSR count). The van der Waals surface area contributed by atoms with Crippen LogP contribution in [0.1, 0.15) is 22.8 Å². The smallest absolute Gasteiger partial charge is 0.327 e. The molecule has 10 nitrogen and oxygen atoms in total. The van der Waals surface area contributed by atoms with Crippen LogP contribution in [-0.2, 0) is 11.2 Å². The minimum absolute atomic E-state index is 0.00345. The number of aryl methyl sites for hydroxylation is 1. The SMILES string of the molecule is CCc1cc(Nc2nccn3c(-c4ccc(OC)c(F)c4F)cnc23)ccc1C(=O)N[C@@H](CN)C(=O)O. The van der Waals surface area contributed by atoms with Gasteiger partial charge in [-0.25, -0.2) is 19.2 Å². The number of aromatic nitrogens is 3. The summed E-state index contributed by atoms with van der Waals surface area (Å²) >= 11 is 0. The molecule has 0 fully saturated rings. The number of carbonyl (C=O) groups excluding carboxylic acids is 1. The van der Waals surface area contributed by atoms with E-state index < -0.39 is 29.6 Å². The maximum atomic E-state index is 14.7. The molecule has 192 valence electrons. The van der Waals surface area contributed by atoms with Gasteiger partial charge in [-0.15, -0.1) is 0 Å². The second-order valence-corrected chi connectivity index (χ2v) is 8.01. The lowest BCUT2D eigenvalue weighted by atomic mass is 10.0. The molecule has 1 amide bonds. The lowest BCUT2D eigenvalue weighted by Crippen LogP contribution is -2.45. The molecule has 37 heavy (non-hydrogen) atoms. The zero-order chi connectivity index (χ0) is 26.7. The highest BCUT2D eigenvalue weighted by atomic mass is 19.2. The van der Waals surface area contributed by atoms with Crippen LogP contribution in [0.5, 0.6) is 5.75 Å². The van der Waals surface area contributed by atoms with Gasteiger partial charge in [-0.1, -0.05) is 6.92 Å². The minimum atomic E-state index is -1.22. The Bertz CT molecular complexity index is 1490. The van der Waals surface area contributed by atoms with Crippen LogP contribution >= 0.6 is 0 Å². The minimum Gasteiger partial charge on any atom is -0.494 e. The number of halogens is 2. The third kappa shape index (κ3) is 4.91. The van der Waals surface area contributed by atoms with E-state index in [1.54, 1.807) is 28.8 Å². The highest BCUT2D eigenvalue weighted by Gasteiger charge is 2.21. The second kappa shape index (κ2) is 10.6. The largest absolute Gasteiger partial charge is 0.494 e. The number of nitrogens with one attached hydrogen (secondary N) is 2. The summed E-state index contributed by atoms with van der Waals surface area (Å²) < 4.78 is 35.4. The standard InChI is InChI=1S/C25H24F2N6O4/c1-3-13-10-14(4-5-15(13)24(34)32-17(11-28)25(35)36)31-22-23-30-12-18(33(23)9-8-29-22)16-6-7-19(37-2)21(27)20(16)26/h4-10,12,17H,3,11,28H2,1-2H3,(H,29,31)(H,32,34)(H,35,36)/t17-/m0/s1. The van der Waals surface area contributed by atoms with E-state index in [9.17, 15) is 18.4 Å². The highest BCUT2D eigenvalue weighted by molar-refractivity contribution is 5.98. The molecule has 0 saturated carbocycles. The molecule has 12 heteroatoms. The van der Waals surface area contributed by atoms with Crippen molar-refractivity contribution in [1.29, 1.82) is 0 Å². The number of aliphatic carboxylic acids is 1. The lowest BCUT2D eigenvalue weighted by molar-refractivity contribution is -0.138. The van der Waals surface area contributed by atoms with Crippen LogP contribution in [0.4, 0.5) is 20.3 Å². The number of fused-ring (bicyclic) bond motifs is 1. The van der Waals surface area contributed by atoms with Crippen molar-refractivity contribution < 1.29 is 28.2 Å². The molecule has 0 saturated heterocycles. The molecule has 4 aromatic rings. The van der Waals surface area contributed by atoms with E-state index in [1.165, 1.54) is 31.6 Å². The van der Waals surface area contributed by atoms with Crippen LogP contribution in [0, 0.1) is 11.6 Å². The number of carbonyl (C=O) groups is 2. The molecule has 0 spiro atoms. The summed E-state index contributed by atoms with van der Waals surface area (Å²) in [6.07, 6.45) is 4.96. The quantitative estimate of drug-likeness (QED) is 0.269. The van der Waals surface area contributed by atoms with Crippen LogP contribution in [0.2, 0.25) is 0 Å². The summed E-state index contributed by atoms with van der Waals surface area (Å²) in [5, 5.41) is 14.7. The molecule has 0 bridgehead atoms. The number of hydrogen-bond donors (Lipinski definition) is 4. The number of nitrogens with zero attached hydrogens (tertiary/aromatic N) is 3. The number of carboxylic acid groups (broad SMARTS) is 1. The highest BCUT2D eigenvalue weighted by Crippen LogP contribution is 2.31. The van der Waals surface area contributed by atoms with Gasteiger partial charge in [0.1, 0.15) is 6.04 Å². The molecule has 1 atom stereocenters. The summed E-state index contributed by atoms with van der Waals surface area (Å²) in [6, 6.07) is 6.49. The van der Waals surface area contributed by atoms with E-state index >= 15 is 0 Å². The molecule has 0 radical (unpaired) electrons. The van der Waals surface area contributed by atoms with Crippen molar-refractivity contribution in [3.05, 3.63) is 71.7 Å². The average molecular weight is 511 g/mol. The van der Waals surface area contributed by atoms with Crippen LogP contribution < -0.4 is 21.1 Å². The van der Waals surface area contributed by atoms with E-state index in [1.807, 2.05) is 6.92 Å². The number of carboxylic acids is 1. The van der Waals surface area contributed by atoms with Crippen LogP contribution in [0.15, 0.2) is 48.9 Å². The monoisotopic (exact) mass is 510 g/mol. The van der Waals surface area contributed by atoms with E-state index in [0.717, 1.165) is 0 Å². The van der Waals surface area contributed by atoms with Crippen LogP contribution in [0.25, 0.3) is 16.9 Å². The predicted octanol–water partition coefficient (Wildman–Crippen LogP) is 3.13. The Morgan fingerprint density at radius 2 is 1.97 bits per heavy atom. The molecular formula is C25H24F2N6O4. The first-order valence-electron chi connectivity index (χ1n) is 11.3. The lowest BCUT2D eigenvalue weighted by Gasteiger charge is -2.15. The number of imidazole rings is 1. The number of hydrogen-bond acceptors (Lipinski definition) is 7. The van der Waals surface area contributed by atoms with Gasteiger partial charge in [0.25, 0.3) is 5.91 Å². The molecule has 0 aliphatic heterocycles. The second-order valence-electron chi connectivity index (χ2n) is 8.01. The Balaban J connectivity index is 1.65. The van der Waals surface area contributed by atoms with Crippen molar-refractivity contribution in [2.24, 2.45) is 5.73 Å². The fourth-order valence-electron chi connectivity index (χ4n) is 3.87. The number of amides is 1. The van der Waals surface area contributed by atoms with Crippen molar-refractivity contribution in [2.75, 3.05) is 19.0 Å². The normalized spacial score (nSPS) is 11.8. The van der Waals surface area contributed by atoms with E-state index in [4.69, 9.17) is 15.6 Å². The third-order valence-electron chi connectivity index (χ3n) is 5.80. The zero-order valence-electron chi connectivity index (χ0n) is 20.0. The van der Waals surface area contributed by atoms with Gasteiger partial charge in [0.05, 0.1) is 19.0 Å². The number of ether oxygens (including phenoxy) is 1. The summed E-state index contributed by atoms with van der Waals surface area (Å²) in [4.78, 5) is 32.5. The Morgan fingerprint density at radius 1 is 1.19 bits per heavy atom. The number of anilines is 2. The topological polar surface area (TPSA) is 144 Å². The number of methoxy groups -OCH3 is 1. The van der Waals surface area contributed by atoms with E-state index in [0.29, 0.717) is 40.4 Å². The summed E-state index contributed by atoms with van der Waals surface area (Å²) in [5.74, 6) is -3.79.